The number of anilines is 1. The van der Waals surface area contributed by atoms with Crippen molar-refractivity contribution in [1.29, 1.82) is 0 Å². The molecule has 3 aromatic rings. The Balaban J connectivity index is 1.90. The molecule has 0 bridgehead atoms. The molecule has 11 nitrogen and oxygen atoms in total. The van der Waals surface area contributed by atoms with E-state index in [4.69, 9.17) is 4.84 Å². The number of aryl methyl sites for hydroxylation is 1. The molecule has 3 rings (SSSR count). The van der Waals surface area contributed by atoms with Gasteiger partial charge in [-0.15, -0.1) is 0 Å². The van der Waals surface area contributed by atoms with Crippen LogP contribution in [0.4, 0.5) is 5.69 Å². The zero-order chi connectivity index (χ0) is 22.2. The number of nitrogens with one attached hydrogen (secondary N) is 1. The number of hydrogen-bond acceptors (Lipinski definition) is 7. The number of benzene rings is 1. The van der Waals surface area contributed by atoms with E-state index in [0.717, 1.165) is 4.57 Å². The Morgan fingerprint density at radius 1 is 1.13 bits per heavy atom. The maximum atomic E-state index is 12.5. The molecule has 0 spiro atoms. The number of hydrogen-bond donors (Lipinski definition) is 1. The van der Waals surface area contributed by atoms with Crippen LogP contribution >= 0.6 is 0 Å². The van der Waals surface area contributed by atoms with Gasteiger partial charge in [0.15, 0.2) is 0 Å². The molecule has 0 unspecified atom stereocenters. The summed E-state index contributed by atoms with van der Waals surface area (Å²) in [6.07, 6.45) is 1.32. The number of carbonyl (C=O) groups excluding carboxylic acids is 1. The normalized spacial score (nSPS) is 11.8. The van der Waals surface area contributed by atoms with Crippen molar-refractivity contribution in [2.24, 2.45) is 14.1 Å². The molecule has 0 aliphatic heterocycles. The molecule has 0 saturated heterocycles. The molecule has 158 valence electrons. The Kier molecular flexibility index (Phi) is 5.57. The first kappa shape index (κ1) is 21.4. The van der Waals surface area contributed by atoms with Crippen LogP contribution in [0.3, 0.4) is 0 Å². The van der Waals surface area contributed by atoms with Crippen LogP contribution in [-0.2, 0) is 29.0 Å². The largest absolute Gasteiger partial charge is 0.332 e. The van der Waals surface area contributed by atoms with Gasteiger partial charge in [-0.3, -0.25) is 23.6 Å². The van der Waals surface area contributed by atoms with Gasteiger partial charge in [-0.05, 0) is 30.3 Å². The fourth-order valence-electron chi connectivity index (χ4n) is 2.76. The first-order chi connectivity index (χ1) is 14.1. The number of fused-ring (bicyclic) bond motifs is 1. The monoisotopic (exact) mass is 433 g/mol. The van der Waals surface area contributed by atoms with E-state index in [2.05, 4.69) is 10.3 Å². The van der Waals surface area contributed by atoms with Gasteiger partial charge in [0.1, 0.15) is 5.65 Å². The van der Waals surface area contributed by atoms with Gasteiger partial charge in [0.05, 0.1) is 29.3 Å². The molecule has 1 amide bonds. The van der Waals surface area contributed by atoms with Crippen LogP contribution in [0.1, 0.15) is 10.4 Å². The number of amides is 1. The van der Waals surface area contributed by atoms with Crippen molar-refractivity contribution in [2.75, 3.05) is 19.5 Å². The van der Waals surface area contributed by atoms with Gasteiger partial charge in [-0.1, -0.05) is 4.47 Å². The van der Waals surface area contributed by atoms with Crippen molar-refractivity contribution in [2.45, 2.75) is 4.90 Å². The second-order valence-electron chi connectivity index (χ2n) is 6.38. The lowest BCUT2D eigenvalue weighted by molar-refractivity contribution is -0.0258. The van der Waals surface area contributed by atoms with Crippen molar-refractivity contribution >= 4 is 32.7 Å². The van der Waals surface area contributed by atoms with Crippen LogP contribution < -0.4 is 16.6 Å². The minimum Gasteiger partial charge on any atom is -0.321 e. The molecule has 0 fully saturated rings. The quantitative estimate of drug-likeness (QED) is 0.563. The molecule has 30 heavy (non-hydrogen) atoms. The number of hydroxylamine groups is 1. The van der Waals surface area contributed by atoms with Gasteiger partial charge >= 0.3 is 5.69 Å². The summed E-state index contributed by atoms with van der Waals surface area (Å²) in [7, 11) is 1.50. The van der Waals surface area contributed by atoms with Crippen LogP contribution in [-0.4, -0.2) is 47.1 Å². The van der Waals surface area contributed by atoms with Crippen molar-refractivity contribution in [3.05, 3.63) is 62.9 Å². The summed E-state index contributed by atoms with van der Waals surface area (Å²) < 4.78 is 27.3. The minimum absolute atomic E-state index is 0.0415. The van der Waals surface area contributed by atoms with E-state index in [1.165, 1.54) is 69.3 Å². The lowest BCUT2D eigenvalue weighted by atomic mass is 10.2. The predicted molar refractivity (Wildman–Crippen MR) is 109 cm³/mol. The molecular weight excluding hydrogens is 414 g/mol. The summed E-state index contributed by atoms with van der Waals surface area (Å²) in [4.78, 5) is 45.6. The van der Waals surface area contributed by atoms with Crippen LogP contribution in [0.2, 0.25) is 0 Å². The van der Waals surface area contributed by atoms with Gasteiger partial charge < -0.3 is 5.32 Å². The molecule has 0 aliphatic rings. The fourth-order valence-corrected chi connectivity index (χ4v) is 3.73. The first-order valence-corrected chi connectivity index (χ1v) is 10.0. The van der Waals surface area contributed by atoms with E-state index in [1.807, 2.05) is 0 Å². The average molecular weight is 433 g/mol. The van der Waals surface area contributed by atoms with Crippen LogP contribution in [0.25, 0.3) is 11.0 Å². The molecule has 0 saturated carbocycles. The highest BCUT2D eigenvalue weighted by Gasteiger charge is 2.21. The smallest absolute Gasteiger partial charge is 0.321 e. The Hall–Kier alpha value is -3.35. The summed E-state index contributed by atoms with van der Waals surface area (Å²) in [6.45, 7) is 0. The molecule has 1 N–H and O–H groups in total. The van der Waals surface area contributed by atoms with E-state index < -0.39 is 27.2 Å². The molecular formula is C18H19N5O6S. The van der Waals surface area contributed by atoms with Crippen LogP contribution in [0, 0.1) is 0 Å². The van der Waals surface area contributed by atoms with E-state index in [0.29, 0.717) is 4.47 Å². The third kappa shape index (κ3) is 3.63. The lowest BCUT2D eigenvalue weighted by Crippen LogP contribution is -2.37. The van der Waals surface area contributed by atoms with E-state index in [-0.39, 0.29) is 27.2 Å². The third-order valence-electron chi connectivity index (χ3n) is 4.56. The highest BCUT2D eigenvalue weighted by Crippen LogP contribution is 2.17. The molecule has 12 heteroatoms. The summed E-state index contributed by atoms with van der Waals surface area (Å²) in [5.74, 6) is -0.526. The Morgan fingerprint density at radius 2 is 1.77 bits per heavy atom. The number of carbonyl (C=O) groups is 1. The van der Waals surface area contributed by atoms with Crippen LogP contribution in [0.15, 0.2) is 51.0 Å². The summed E-state index contributed by atoms with van der Waals surface area (Å²) >= 11 is 0. The predicted octanol–water partition coefficient (Wildman–Crippen LogP) is 0.0664. The SMILES string of the molecule is CON(C)S(=O)(=O)c1ccc(C(=O)Nc2cnc3c(c2)c(=O)n(C)c(=O)n3C)cc1. The topological polar surface area (TPSA) is 133 Å². The van der Waals surface area contributed by atoms with E-state index >= 15 is 0 Å². The van der Waals surface area contributed by atoms with Crippen molar-refractivity contribution in [1.82, 2.24) is 18.6 Å². The standard InChI is InChI=1S/C18H19N5O6S/c1-21-15-14(17(25)22(2)18(21)26)9-12(10-19-15)20-16(24)11-5-7-13(8-6-11)30(27,28)23(3)29-4/h5-10H,1-4H3,(H,20,24). The van der Waals surface area contributed by atoms with E-state index in [9.17, 15) is 22.8 Å². The van der Waals surface area contributed by atoms with Crippen molar-refractivity contribution < 1.29 is 18.0 Å². The van der Waals surface area contributed by atoms with Crippen molar-refractivity contribution in [3.63, 3.8) is 0 Å². The Bertz CT molecular complexity index is 1360. The number of aromatic nitrogens is 3. The molecule has 0 radical (unpaired) electrons. The lowest BCUT2D eigenvalue weighted by Gasteiger charge is -2.14. The maximum absolute atomic E-state index is 12.5. The zero-order valence-electron chi connectivity index (χ0n) is 16.6. The average Bonchev–Trinajstić information content (AvgIpc) is 2.75. The van der Waals surface area contributed by atoms with E-state index in [1.54, 1.807) is 0 Å². The van der Waals surface area contributed by atoms with Gasteiger partial charge in [-0.2, -0.15) is 0 Å². The summed E-state index contributed by atoms with van der Waals surface area (Å²) in [5, 5.41) is 2.77. The summed E-state index contributed by atoms with van der Waals surface area (Å²) in [5.41, 5.74) is -0.404. The molecule has 2 heterocycles. The van der Waals surface area contributed by atoms with Gasteiger partial charge in [-0.25, -0.2) is 18.2 Å². The van der Waals surface area contributed by atoms with Crippen molar-refractivity contribution in [3.8, 4) is 0 Å². The van der Waals surface area contributed by atoms with Gasteiger partial charge in [0.25, 0.3) is 21.5 Å². The number of sulfonamides is 1. The van der Waals surface area contributed by atoms with Gasteiger partial charge in [0.2, 0.25) is 0 Å². The number of nitrogens with zero attached hydrogens (tertiary/aromatic N) is 4. The number of pyridine rings is 1. The molecule has 1 aromatic carbocycles. The second kappa shape index (κ2) is 7.82. The Labute approximate surface area is 171 Å². The fraction of sp³-hybridized carbons (Fsp3) is 0.222. The number of rotatable bonds is 5. The molecule has 2 aromatic heterocycles. The highest BCUT2D eigenvalue weighted by molar-refractivity contribution is 7.89. The minimum atomic E-state index is -3.83. The Morgan fingerprint density at radius 3 is 2.37 bits per heavy atom. The second-order valence-corrected chi connectivity index (χ2v) is 8.31. The highest BCUT2D eigenvalue weighted by atomic mass is 32.2. The molecule has 0 aliphatic carbocycles. The maximum Gasteiger partial charge on any atom is 0.332 e. The zero-order valence-corrected chi connectivity index (χ0v) is 17.4. The van der Waals surface area contributed by atoms with Gasteiger partial charge in [0, 0.05) is 26.7 Å². The first-order valence-electron chi connectivity index (χ1n) is 8.58. The van der Waals surface area contributed by atoms with Crippen LogP contribution in [0.5, 0.6) is 0 Å². The summed E-state index contributed by atoms with van der Waals surface area (Å²) in [6, 6.07) is 6.69. The molecule has 0 atom stereocenters. The third-order valence-corrected chi connectivity index (χ3v) is 6.26.